The van der Waals surface area contributed by atoms with Crippen LogP contribution in [0, 0.1) is 0 Å². The average Bonchev–Trinajstić information content (AvgIpc) is 3.23. The van der Waals surface area contributed by atoms with E-state index in [-0.39, 0.29) is 11.8 Å². The van der Waals surface area contributed by atoms with Crippen LogP contribution in [0.5, 0.6) is 0 Å². The normalized spacial score (nSPS) is 18.6. The number of piperidine rings is 1. The Kier molecular flexibility index (Phi) is 4.70. The average molecular weight is 367 g/mol. The van der Waals surface area contributed by atoms with Gasteiger partial charge >= 0.3 is 0 Å². The van der Waals surface area contributed by atoms with Gasteiger partial charge in [0.05, 0.1) is 0 Å². The summed E-state index contributed by atoms with van der Waals surface area (Å²) in [7, 11) is 0. The first-order valence-corrected chi connectivity index (χ1v) is 9.53. The van der Waals surface area contributed by atoms with Gasteiger partial charge in [0, 0.05) is 37.2 Å². The third kappa shape index (κ3) is 3.23. The summed E-state index contributed by atoms with van der Waals surface area (Å²) in [5.74, 6) is 0.0203. The van der Waals surface area contributed by atoms with Gasteiger partial charge in [0.2, 0.25) is 5.91 Å². The number of rotatable bonds is 3. The molecule has 1 fully saturated rings. The summed E-state index contributed by atoms with van der Waals surface area (Å²) in [4.78, 5) is 26.9. The first kappa shape index (κ1) is 17.7. The summed E-state index contributed by atoms with van der Waals surface area (Å²) in [6.07, 6.45) is 6.83. The van der Waals surface area contributed by atoms with E-state index in [1.54, 1.807) is 17.8 Å². The lowest BCUT2D eigenvalue weighted by atomic mass is 9.87. The zero-order valence-electron chi connectivity index (χ0n) is 15.6. The second kappa shape index (κ2) is 7.15. The molecule has 0 saturated carbocycles. The summed E-state index contributed by atoms with van der Waals surface area (Å²) in [5, 5.41) is 10.8. The fraction of sp³-hybridized carbons (Fsp3) is 0.450. The van der Waals surface area contributed by atoms with E-state index in [0.29, 0.717) is 12.8 Å². The van der Waals surface area contributed by atoms with Crippen molar-refractivity contribution >= 4 is 23.2 Å². The van der Waals surface area contributed by atoms with Crippen LogP contribution >= 0.6 is 0 Å². The molecule has 27 heavy (non-hydrogen) atoms. The number of aromatic nitrogens is 2. The molecule has 4 rings (SSSR count). The van der Waals surface area contributed by atoms with Gasteiger partial charge in [-0.3, -0.25) is 14.3 Å². The molecule has 142 valence electrons. The highest BCUT2D eigenvalue weighted by atomic mass is 16.2. The molecule has 0 spiro atoms. The summed E-state index contributed by atoms with van der Waals surface area (Å²) in [5.41, 5.74) is 2.16. The highest BCUT2D eigenvalue weighted by molar-refractivity contribution is 5.98. The van der Waals surface area contributed by atoms with Gasteiger partial charge in [0.1, 0.15) is 5.54 Å². The van der Waals surface area contributed by atoms with E-state index < -0.39 is 5.54 Å². The number of carbonyl (C=O) groups excluding carboxylic acids is 2. The van der Waals surface area contributed by atoms with E-state index in [1.165, 1.54) is 0 Å². The molecular weight excluding hydrogens is 342 g/mol. The number of aryl methyl sites for hydroxylation is 1. The summed E-state index contributed by atoms with van der Waals surface area (Å²) < 4.78 is 1.79. The van der Waals surface area contributed by atoms with Crippen LogP contribution in [0.4, 0.5) is 11.4 Å². The van der Waals surface area contributed by atoms with Crippen LogP contribution in [0.25, 0.3) is 0 Å². The number of nitrogens with one attached hydrogen (secondary N) is 2. The number of nitrogens with zero attached hydrogens (tertiary/aromatic N) is 3. The first-order chi connectivity index (χ1) is 13.1. The lowest BCUT2D eigenvalue weighted by molar-refractivity contribution is -0.126. The summed E-state index contributed by atoms with van der Waals surface area (Å²) in [6, 6.07) is 7.68. The molecule has 1 saturated heterocycles. The molecule has 2 aromatic rings. The molecule has 0 radical (unpaired) electrons. The molecule has 1 aromatic heterocycles. The quantitative estimate of drug-likeness (QED) is 0.868. The third-order valence-corrected chi connectivity index (χ3v) is 5.63. The van der Waals surface area contributed by atoms with Gasteiger partial charge < -0.3 is 15.5 Å². The van der Waals surface area contributed by atoms with Crippen molar-refractivity contribution in [3.05, 3.63) is 42.2 Å². The molecule has 2 aliphatic rings. The van der Waals surface area contributed by atoms with Crippen LogP contribution in [0.2, 0.25) is 0 Å². The molecule has 0 aliphatic carbocycles. The fourth-order valence-electron chi connectivity index (χ4n) is 4.17. The van der Waals surface area contributed by atoms with E-state index in [1.807, 2.05) is 35.4 Å². The van der Waals surface area contributed by atoms with Crippen LogP contribution < -0.4 is 15.5 Å². The van der Waals surface area contributed by atoms with Gasteiger partial charge in [0.15, 0.2) is 0 Å². The smallest absolute Gasteiger partial charge is 0.252 e. The number of hydrogen-bond donors (Lipinski definition) is 2. The Balaban J connectivity index is 1.60. The maximum Gasteiger partial charge on any atom is 0.252 e. The van der Waals surface area contributed by atoms with Gasteiger partial charge in [0.25, 0.3) is 5.91 Å². The maximum atomic E-state index is 13.3. The predicted octanol–water partition coefficient (Wildman–Crippen LogP) is 1.90. The zero-order chi connectivity index (χ0) is 18.9. The molecule has 7 nitrogen and oxygen atoms in total. The van der Waals surface area contributed by atoms with Crippen LogP contribution in [0.1, 0.15) is 31.7 Å². The molecule has 3 heterocycles. The van der Waals surface area contributed by atoms with E-state index in [0.717, 1.165) is 49.4 Å². The van der Waals surface area contributed by atoms with Crippen molar-refractivity contribution < 1.29 is 9.59 Å². The van der Waals surface area contributed by atoms with Crippen molar-refractivity contribution in [2.45, 2.75) is 38.1 Å². The SMILES string of the molecule is CC(=O)N1CCCc2cc(NC(=O)C3(n4cccn4)CCNCC3)ccc21. The topological polar surface area (TPSA) is 79.3 Å². The number of carbonyl (C=O) groups is 2. The number of benzene rings is 1. The van der Waals surface area contributed by atoms with Gasteiger partial charge in [-0.1, -0.05) is 0 Å². The maximum absolute atomic E-state index is 13.3. The molecule has 2 amide bonds. The minimum Gasteiger partial charge on any atom is -0.324 e. The van der Waals surface area contributed by atoms with Gasteiger partial charge in [-0.2, -0.15) is 5.10 Å². The Bertz CT molecular complexity index is 840. The molecule has 2 aliphatic heterocycles. The second-order valence-corrected chi connectivity index (χ2v) is 7.30. The Hall–Kier alpha value is -2.67. The van der Waals surface area contributed by atoms with Crippen molar-refractivity contribution in [1.82, 2.24) is 15.1 Å². The van der Waals surface area contributed by atoms with Crippen molar-refractivity contribution in [3.8, 4) is 0 Å². The summed E-state index contributed by atoms with van der Waals surface area (Å²) in [6.45, 7) is 3.91. The lowest BCUT2D eigenvalue weighted by Gasteiger charge is -2.36. The Morgan fingerprint density at radius 3 is 2.78 bits per heavy atom. The number of amides is 2. The second-order valence-electron chi connectivity index (χ2n) is 7.30. The van der Waals surface area contributed by atoms with Crippen LogP contribution in [0.15, 0.2) is 36.7 Å². The molecule has 2 N–H and O–H groups in total. The van der Waals surface area contributed by atoms with Crippen molar-refractivity contribution in [2.24, 2.45) is 0 Å². The zero-order valence-corrected chi connectivity index (χ0v) is 15.6. The third-order valence-electron chi connectivity index (χ3n) is 5.63. The van der Waals surface area contributed by atoms with Crippen LogP contribution in [-0.2, 0) is 21.5 Å². The fourth-order valence-corrected chi connectivity index (χ4v) is 4.17. The van der Waals surface area contributed by atoms with Crippen molar-refractivity contribution in [2.75, 3.05) is 29.9 Å². The monoisotopic (exact) mass is 367 g/mol. The number of hydrogen-bond acceptors (Lipinski definition) is 4. The molecule has 0 unspecified atom stereocenters. The predicted molar refractivity (Wildman–Crippen MR) is 104 cm³/mol. The Morgan fingerprint density at radius 2 is 2.07 bits per heavy atom. The van der Waals surface area contributed by atoms with E-state index in [9.17, 15) is 9.59 Å². The highest BCUT2D eigenvalue weighted by Crippen LogP contribution is 2.32. The minimum absolute atomic E-state index is 0.0353. The minimum atomic E-state index is -0.671. The van der Waals surface area contributed by atoms with E-state index in [4.69, 9.17) is 0 Å². The van der Waals surface area contributed by atoms with E-state index in [2.05, 4.69) is 15.7 Å². The lowest BCUT2D eigenvalue weighted by Crippen LogP contribution is -2.52. The number of fused-ring (bicyclic) bond motifs is 1. The largest absolute Gasteiger partial charge is 0.324 e. The van der Waals surface area contributed by atoms with Crippen LogP contribution in [-0.4, -0.2) is 41.2 Å². The molecule has 0 bridgehead atoms. The molecule has 1 aromatic carbocycles. The molecule has 0 atom stereocenters. The standard InChI is InChI=1S/C20H25N5O2/c1-15(26)24-12-2-4-16-14-17(5-6-18(16)24)23-19(27)20(7-10-21-11-8-20)25-13-3-9-22-25/h3,5-6,9,13-14,21H,2,4,7-8,10-12H2,1H3,(H,23,27). The summed E-state index contributed by atoms with van der Waals surface area (Å²) >= 11 is 0. The van der Waals surface area contributed by atoms with Crippen molar-refractivity contribution in [3.63, 3.8) is 0 Å². The van der Waals surface area contributed by atoms with E-state index >= 15 is 0 Å². The molecule has 7 heteroatoms. The Morgan fingerprint density at radius 1 is 1.26 bits per heavy atom. The van der Waals surface area contributed by atoms with Gasteiger partial charge in [-0.25, -0.2) is 0 Å². The van der Waals surface area contributed by atoms with Crippen molar-refractivity contribution in [1.29, 1.82) is 0 Å². The van der Waals surface area contributed by atoms with Gasteiger partial charge in [-0.15, -0.1) is 0 Å². The Labute approximate surface area is 158 Å². The van der Waals surface area contributed by atoms with Crippen LogP contribution in [0.3, 0.4) is 0 Å². The highest BCUT2D eigenvalue weighted by Gasteiger charge is 2.42. The van der Waals surface area contributed by atoms with Gasteiger partial charge in [-0.05, 0) is 68.6 Å². The number of anilines is 2. The first-order valence-electron chi connectivity index (χ1n) is 9.53. The molecular formula is C20H25N5O2.